The molecule has 2 heterocycles. The Hall–Kier alpha value is -4.16. The van der Waals surface area contributed by atoms with Gasteiger partial charge in [-0.2, -0.15) is 0 Å². The molecule has 2 aliphatic rings. The van der Waals surface area contributed by atoms with Crippen molar-refractivity contribution in [2.24, 2.45) is 0 Å². The van der Waals surface area contributed by atoms with Crippen molar-refractivity contribution in [3.8, 4) is 5.69 Å². The van der Waals surface area contributed by atoms with Crippen molar-refractivity contribution in [3.63, 3.8) is 0 Å². The standard InChI is InChI=1S/C38H41BF4N5O2/c1-5-24-8-9-29(22(3)32(24)33(44)39-45-4)48-35(28(25-6-7-25)19-23-17-26(40)20-27(41)18-23)47-34-31(36(48)50)21(2)16-30(46-34)37(14-15-49)10-12-38(42,43)13-11-37/h6,8-9,16-18,20,28,44-45,49H,5,7,10-15,19H2,1-4H3. The zero-order valence-electron chi connectivity index (χ0n) is 28.8. The molecule has 4 aromatic rings. The fourth-order valence-electron chi connectivity index (χ4n) is 7.64. The van der Waals surface area contributed by atoms with Gasteiger partial charge in [0.1, 0.15) is 17.5 Å². The van der Waals surface area contributed by atoms with Gasteiger partial charge in [0.15, 0.2) is 5.65 Å². The molecule has 1 radical (unpaired) electrons. The minimum Gasteiger partial charge on any atom is -0.396 e. The Bertz CT molecular complexity index is 2050. The summed E-state index contributed by atoms with van der Waals surface area (Å²) < 4.78 is 59.0. The van der Waals surface area contributed by atoms with Crippen LogP contribution in [0.2, 0.25) is 0 Å². The number of nitrogens with zero attached hydrogens (tertiary/aromatic N) is 3. The average molecular weight is 687 g/mol. The summed E-state index contributed by atoms with van der Waals surface area (Å²) in [5, 5.41) is 22.0. The van der Waals surface area contributed by atoms with E-state index in [4.69, 9.17) is 15.4 Å². The van der Waals surface area contributed by atoms with E-state index in [0.717, 1.165) is 17.2 Å². The van der Waals surface area contributed by atoms with Gasteiger partial charge in [0, 0.05) is 48.2 Å². The third kappa shape index (κ3) is 6.79. The lowest BCUT2D eigenvalue weighted by molar-refractivity contribution is -0.0554. The smallest absolute Gasteiger partial charge is 0.270 e. The van der Waals surface area contributed by atoms with E-state index in [1.807, 2.05) is 32.1 Å². The molecule has 1 fully saturated rings. The van der Waals surface area contributed by atoms with Crippen molar-refractivity contribution in [3.05, 3.63) is 109 Å². The first kappa shape index (κ1) is 35.7. The topological polar surface area (TPSA) is 104 Å². The minimum atomic E-state index is -2.79. The highest BCUT2D eigenvalue weighted by Gasteiger charge is 2.45. The van der Waals surface area contributed by atoms with E-state index in [9.17, 15) is 27.5 Å². The summed E-state index contributed by atoms with van der Waals surface area (Å²) in [5.74, 6) is -4.44. The van der Waals surface area contributed by atoms with Crippen molar-refractivity contribution < 1.29 is 22.7 Å². The number of nitrogens with one attached hydrogen (secondary N) is 2. The van der Waals surface area contributed by atoms with Crippen LogP contribution in [-0.4, -0.2) is 52.2 Å². The van der Waals surface area contributed by atoms with Gasteiger partial charge in [-0.05, 0) is 112 Å². The van der Waals surface area contributed by atoms with Crippen LogP contribution in [0.25, 0.3) is 16.7 Å². The summed E-state index contributed by atoms with van der Waals surface area (Å²) in [4.78, 5) is 24.9. The molecule has 0 bridgehead atoms. The Kier molecular flexibility index (Phi) is 9.89. The number of hydrogen-bond donors (Lipinski definition) is 3. The first-order valence-electron chi connectivity index (χ1n) is 17.1. The molecule has 2 aromatic heterocycles. The highest BCUT2D eigenvalue weighted by molar-refractivity contribution is 6.76. The van der Waals surface area contributed by atoms with Gasteiger partial charge in [-0.15, -0.1) is 0 Å². The van der Waals surface area contributed by atoms with Crippen molar-refractivity contribution in [2.75, 3.05) is 13.7 Å². The summed E-state index contributed by atoms with van der Waals surface area (Å²) in [6.07, 6.45) is 3.28. The average Bonchev–Trinajstić information content (AvgIpc) is 3.90. The number of benzene rings is 2. The molecule has 7 nitrogen and oxygen atoms in total. The number of aromatic nitrogens is 3. The zero-order valence-corrected chi connectivity index (χ0v) is 28.8. The maximum absolute atomic E-state index is 14.9. The third-order valence-corrected chi connectivity index (χ3v) is 10.4. The Labute approximate surface area is 289 Å². The van der Waals surface area contributed by atoms with E-state index >= 15 is 0 Å². The quantitative estimate of drug-likeness (QED) is 0.0653. The van der Waals surface area contributed by atoms with Crippen LogP contribution in [0.4, 0.5) is 17.6 Å². The van der Waals surface area contributed by atoms with Gasteiger partial charge in [-0.3, -0.25) is 9.36 Å². The monoisotopic (exact) mass is 686 g/mol. The van der Waals surface area contributed by atoms with Crippen LogP contribution in [0.5, 0.6) is 0 Å². The minimum absolute atomic E-state index is 0.129. The van der Waals surface area contributed by atoms with Crippen molar-refractivity contribution in [1.82, 2.24) is 19.8 Å². The zero-order chi connectivity index (χ0) is 36.0. The second kappa shape index (κ2) is 13.9. The Balaban J connectivity index is 1.63. The molecular formula is C38H41BF4N5O2. The molecule has 0 spiro atoms. The number of pyridine rings is 1. The second-order valence-electron chi connectivity index (χ2n) is 13.7. The van der Waals surface area contributed by atoms with Crippen LogP contribution in [0.1, 0.15) is 90.7 Å². The summed E-state index contributed by atoms with van der Waals surface area (Å²) in [6, 6.07) is 8.87. The molecule has 2 aliphatic carbocycles. The first-order valence-corrected chi connectivity index (χ1v) is 17.1. The number of aliphatic hydroxyl groups excluding tert-OH is 1. The molecule has 3 N–H and O–H groups in total. The molecule has 0 amide bonds. The third-order valence-electron chi connectivity index (χ3n) is 10.4. The van der Waals surface area contributed by atoms with Crippen LogP contribution >= 0.6 is 0 Å². The molecule has 1 saturated carbocycles. The lowest BCUT2D eigenvalue weighted by Crippen LogP contribution is -2.38. The van der Waals surface area contributed by atoms with E-state index in [0.29, 0.717) is 52.3 Å². The largest absolute Gasteiger partial charge is 0.396 e. The molecule has 1 unspecified atom stereocenters. The molecule has 1 atom stereocenters. The van der Waals surface area contributed by atoms with Crippen LogP contribution in [-0.2, 0) is 18.3 Å². The molecule has 0 saturated heterocycles. The number of rotatable bonds is 12. The molecule has 6 rings (SSSR count). The molecule has 2 aromatic carbocycles. The van der Waals surface area contributed by atoms with E-state index < -0.39 is 34.4 Å². The number of allylic oxidation sites excluding steroid dienone is 2. The number of alkyl halides is 2. The van der Waals surface area contributed by atoms with E-state index in [2.05, 4.69) is 5.23 Å². The van der Waals surface area contributed by atoms with Gasteiger partial charge in [0.05, 0.1) is 11.1 Å². The number of hydrogen-bond acceptors (Lipinski definition) is 6. The first-order chi connectivity index (χ1) is 23.8. The summed E-state index contributed by atoms with van der Waals surface area (Å²) in [5.41, 5.74) is 4.45. The van der Waals surface area contributed by atoms with E-state index in [1.165, 1.54) is 12.1 Å². The predicted octanol–water partition coefficient (Wildman–Crippen LogP) is 6.89. The summed E-state index contributed by atoms with van der Waals surface area (Å²) in [7, 11) is 3.30. The van der Waals surface area contributed by atoms with Crippen molar-refractivity contribution in [2.45, 2.75) is 89.4 Å². The highest BCUT2D eigenvalue weighted by atomic mass is 19.3. The van der Waals surface area contributed by atoms with Crippen molar-refractivity contribution in [1.29, 1.82) is 5.41 Å². The van der Waals surface area contributed by atoms with Gasteiger partial charge < -0.3 is 15.7 Å². The molecule has 0 aliphatic heterocycles. The number of fused-ring (bicyclic) bond motifs is 1. The lowest BCUT2D eigenvalue weighted by atomic mass is 9.68. The normalized spacial score (nSPS) is 17.0. The maximum atomic E-state index is 14.9. The molecule has 261 valence electrons. The van der Waals surface area contributed by atoms with Gasteiger partial charge in [0.25, 0.3) is 13.0 Å². The van der Waals surface area contributed by atoms with Crippen LogP contribution in [0, 0.1) is 30.9 Å². The lowest BCUT2D eigenvalue weighted by Gasteiger charge is -2.39. The van der Waals surface area contributed by atoms with Crippen LogP contribution < -0.4 is 10.8 Å². The highest BCUT2D eigenvalue weighted by Crippen LogP contribution is 2.47. The van der Waals surface area contributed by atoms with Crippen LogP contribution in [0.15, 0.2) is 52.8 Å². The number of halogens is 4. The van der Waals surface area contributed by atoms with Crippen LogP contribution in [0.3, 0.4) is 0 Å². The Morgan fingerprint density at radius 1 is 1.08 bits per heavy atom. The molecule has 50 heavy (non-hydrogen) atoms. The number of aliphatic hydroxyl groups is 1. The van der Waals surface area contributed by atoms with Crippen molar-refractivity contribution >= 4 is 24.1 Å². The number of aryl methyl sites for hydroxylation is 2. The van der Waals surface area contributed by atoms with E-state index in [1.54, 1.807) is 32.0 Å². The van der Waals surface area contributed by atoms with Gasteiger partial charge in [-0.25, -0.2) is 27.5 Å². The SMILES string of the molecule is CCc1ccc(-n2c(C(Cc3cc(F)cc(F)c3)C3=CC3)nc3nc(C4(CCO)CCC(F)(F)CC4)cc(C)c3c2=O)c(C)c1C(=N)[B]NC. The van der Waals surface area contributed by atoms with Gasteiger partial charge in [0.2, 0.25) is 5.92 Å². The second-order valence-corrected chi connectivity index (χ2v) is 13.7. The summed E-state index contributed by atoms with van der Waals surface area (Å²) in [6.45, 7) is 5.43. The maximum Gasteiger partial charge on any atom is 0.270 e. The fourth-order valence-corrected chi connectivity index (χ4v) is 7.64. The predicted molar refractivity (Wildman–Crippen MR) is 188 cm³/mol. The summed E-state index contributed by atoms with van der Waals surface area (Å²) >= 11 is 0. The molecule has 12 heteroatoms. The van der Waals surface area contributed by atoms with E-state index in [-0.39, 0.29) is 61.8 Å². The molecular weight excluding hydrogens is 645 g/mol. The van der Waals surface area contributed by atoms with Gasteiger partial charge >= 0.3 is 0 Å². The Morgan fingerprint density at radius 2 is 1.76 bits per heavy atom. The fraction of sp³-hybridized carbons (Fsp3) is 0.421. The Morgan fingerprint density at radius 3 is 2.36 bits per heavy atom. The van der Waals surface area contributed by atoms with Gasteiger partial charge in [-0.1, -0.05) is 24.6 Å².